The molecule has 7 heteroatoms. The normalized spacial score (nSPS) is 22.0. The average molecular weight is 271 g/mol. The van der Waals surface area contributed by atoms with Crippen LogP contribution in [-0.2, 0) is 9.84 Å². The van der Waals surface area contributed by atoms with Gasteiger partial charge in [-0.3, -0.25) is 9.89 Å². The summed E-state index contributed by atoms with van der Waals surface area (Å²) in [5, 5.41) is 9.49. The zero-order valence-corrected chi connectivity index (χ0v) is 11.3. The summed E-state index contributed by atoms with van der Waals surface area (Å²) in [7, 11) is -2.88. The predicted molar refractivity (Wildman–Crippen MR) is 67.2 cm³/mol. The van der Waals surface area contributed by atoms with Gasteiger partial charge in [-0.25, -0.2) is 8.42 Å². The molecule has 1 aromatic heterocycles. The number of aryl methyl sites for hydroxylation is 2. The summed E-state index contributed by atoms with van der Waals surface area (Å²) < 4.78 is 22.6. The molecule has 1 aromatic rings. The summed E-state index contributed by atoms with van der Waals surface area (Å²) in [5.41, 5.74) is 1.93. The first-order valence-electron chi connectivity index (χ1n) is 5.89. The molecule has 1 saturated heterocycles. The van der Waals surface area contributed by atoms with Crippen molar-refractivity contribution in [3.05, 3.63) is 17.0 Å². The van der Waals surface area contributed by atoms with E-state index in [1.165, 1.54) is 0 Å². The molecule has 0 radical (unpaired) electrons. The Hall–Kier alpha value is -1.37. The Bertz CT molecular complexity index is 543. The van der Waals surface area contributed by atoms with Crippen LogP contribution in [0.3, 0.4) is 0 Å². The number of carbonyl (C=O) groups is 1. The van der Waals surface area contributed by atoms with Gasteiger partial charge in [0.2, 0.25) is 0 Å². The van der Waals surface area contributed by atoms with E-state index in [-0.39, 0.29) is 23.3 Å². The van der Waals surface area contributed by atoms with Crippen LogP contribution in [0.4, 0.5) is 0 Å². The lowest BCUT2D eigenvalue weighted by Gasteiger charge is -2.09. The molecule has 2 N–H and O–H groups in total. The fourth-order valence-corrected chi connectivity index (χ4v) is 4.11. The van der Waals surface area contributed by atoms with Crippen molar-refractivity contribution in [3.8, 4) is 0 Å². The highest BCUT2D eigenvalue weighted by Crippen LogP contribution is 2.17. The van der Waals surface area contributed by atoms with Crippen molar-refractivity contribution in [3.63, 3.8) is 0 Å². The van der Waals surface area contributed by atoms with Crippen LogP contribution in [0.1, 0.15) is 28.2 Å². The SMILES string of the molecule is Cc1n[nH]c(C)c1C(=O)NCC1CCS(=O)(=O)C1. The molecule has 1 amide bonds. The highest BCUT2D eigenvalue weighted by molar-refractivity contribution is 7.91. The van der Waals surface area contributed by atoms with Crippen LogP contribution in [0.25, 0.3) is 0 Å². The van der Waals surface area contributed by atoms with Crippen molar-refractivity contribution >= 4 is 15.7 Å². The maximum Gasteiger partial charge on any atom is 0.255 e. The number of aromatic amines is 1. The van der Waals surface area contributed by atoms with Crippen LogP contribution < -0.4 is 5.32 Å². The second-order valence-corrected chi connectivity index (χ2v) is 7.02. The molecular weight excluding hydrogens is 254 g/mol. The topological polar surface area (TPSA) is 91.9 Å². The van der Waals surface area contributed by atoms with Gasteiger partial charge in [0.05, 0.1) is 22.8 Å². The van der Waals surface area contributed by atoms with Crippen molar-refractivity contribution in [2.45, 2.75) is 20.3 Å². The van der Waals surface area contributed by atoms with Gasteiger partial charge in [-0.2, -0.15) is 5.10 Å². The van der Waals surface area contributed by atoms with E-state index in [0.717, 1.165) is 5.69 Å². The molecule has 18 heavy (non-hydrogen) atoms. The second-order valence-electron chi connectivity index (χ2n) is 4.79. The van der Waals surface area contributed by atoms with Gasteiger partial charge < -0.3 is 5.32 Å². The van der Waals surface area contributed by atoms with Gasteiger partial charge in [-0.1, -0.05) is 0 Å². The Labute approximate surface area is 106 Å². The molecule has 0 aromatic carbocycles. The first-order chi connectivity index (χ1) is 8.39. The number of H-pyrrole nitrogens is 1. The van der Waals surface area contributed by atoms with Crippen LogP contribution >= 0.6 is 0 Å². The quantitative estimate of drug-likeness (QED) is 0.821. The van der Waals surface area contributed by atoms with Gasteiger partial charge in [0.15, 0.2) is 9.84 Å². The summed E-state index contributed by atoms with van der Waals surface area (Å²) in [6.45, 7) is 3.95. The van der Waals surface area contributed by atoms with E-state index >= 15 is 0 Å². The molecule has 1 aliphatic rings. The third-order valence-electron chi connectivity index (χ3n) is 3.23. The summed E-state index contributed by atoms with van der Waals surface area (Å²) in [5.74, 6) is 0.253. The molecule has 2 rings (SSSR count). The average Bonchev–Trinajstić information content (AvgIpc) is 2.79. The van der Waals surface area contributed by atoms with Crippen LogP contribution in [0.15, 0.2) is 0 Å². The summed E-state index contributed by atoms with van der Waals surface area (Å²) in [6.07, 6.45) is 0.631. The Balaban J connectivity index is 1.94. The van der Waals surface area contributed by atoms with E-state index in [9.17, 15) is 13.2 Å². The molecule has 1 fully saturated rings. The van der Waals surface area contributed by atoms with Crippen LogP contribution in [0.2, 0.25) is 0 Å². The minimum atomic E-state index is -2.88. The highest BCUT2D eigenvalue weighted by Gasteiger charge is 2.28. The monoisotopic (exact) mass is 271 g/mol. The number of nitrogens with one attached hydrogen (secondary N) is 2. The zero-order chi connectivity index (χ0) is 13.3. The van der Waals surface area contributed by atoms with Gasteiger partial charge >= 0.3 is 0 Å². The zero-order valence-electron chi connectivity index (χ0n) is 10.5. The van der Waals surface area contributed by atoms with Crippen molar-refractivity contribution in [2.24, 2.45) is 5.92 Å². The van der Waals surface area contributed by atoms with E-state index in [1.807, 2.05) is 0 Å². The third kappa shape index (κ3) is 2.72. The van der Waals surface area contributed by atoms with Gasteiger partial charge in [0.1, 0.15) is 0 Å². The number of rotatable bonds is 3. The lowest BCUT2D eigenvalue weighted by Crippen LogP contribution is -2.30. The maximum atomic E-state index is 11.9. The molecule has 100 valence electrons. The molecule has 6 nitrogen and oxygen atoms in total. The molecule has 0 saturated carbocycles. The third-order valence-corrected chi connectivity index (χ3v) is 5.07. The van der Waals surface area contributed by atoms with Crippen molar-refractivity contribution in [1.29, 1.82) is 0 Å². The minimum Gasteiger partial charge on any atom is -0.352 e. The fraction of sp³-hybridized carbons (Fsp3) is 0.636. The van der Waals surface area contributed by atoms with Crippen LogP contribution in [0, 0.1) is 19.8 Å². The maximum absolute atomic E-state index is 11.9. The first kappa shape index (κ1) is 13.1. The van der Waals surface area contributed by atoms with Crippen molar-refractivity contribution in [2.75, 3.05) is 18.1 Å². The summed E-state index contributed by atoms with van der Waals surface area (Å²) in [4.78, 5) is 11.9. The molecule has 0 bridgehead atoms. The lowest BCUT2D eigenvalue weighted by atomic mass is 10.1. The molecule has 0 spiro atoms. The van der Waals surface area contributed by atoms with Crippen molar-refractivity contribution in [1.82, 2.24) is 15.5 Å². The second kappa shape index (κ2) is 4.72. The van der Waals surface area contributed by atoms with E-state index in [4.69, 9.17) is 0 Å². The van der Waals surface area contributed by atoms with Gasteiger partial charge in [-0.05, 0) is 26.2 Å². The first-order valence-corrected chi connectivity index (χ1v) is 7.71. The molecule has 1 atom stereocenters. The number of sulfone groups is 1. The van der Waals surface area contributed by atoms with Crippen molar-refractivity contribution < 1.29 is 13.2 Å². The number of hydrogen-bond acceptors (Lipinski definition) is 4. The summed E-state index contributed by atoms with van der Waals surface area (Å²) in [6, 6.07) is 0. The Morgan fingerprint density at radius 3 is 2.72 bits per heavy atom. The Kier molecular flexibility index (Phi) is 3.43. The Morgan fingerprint density at radius 2 is 2.22 bits per heavy atom. The number of hydrogen-bond donors (Lipinski definition) is 2. The Morgan fingerprint density at radius 1 is 1.50 bits per heavy atom. The van der Waals surface area contributed by atoms with Gasteiger partial charge in [0.25, 0.3) is 5.91 Å². The summed E-state index contributed by atoms with van der Waals surface area (Å²) >= 11 is 0. The largest absolute Gasteiger partial charge is 0.352 e. The smallest absolute Gasteiger partial charge is 0.255 e. The molecule has 1 aliphatic heterocycles. The van der Waals surface area contributed by atoms with E-state index < -0.39 is 9.84 Å². The lowest BCUT2D eigenvalue weighted by molar-refractivity contribution is 0.0947. The van der Waals surface area contributed by atoms with Crippen LogP contribution in [-0.4, -0.2) is 42.6 Å². The fourth-order valence-electron chi connectivity index (χ4n) is 2.24. The molecule has 0 aliphatic carbocycles. The highest BCUT2D eigenvalue weighted by atomic mass is 32.2. The standard InChI is InChI=1S/C11H17N3O3S/c1-7-10(8(2)14-13-7)11(15)12-5-9-3-4-18(16,17)6-9/h9H,3-6H2,1-2H3,(H,12,15)(H,13,14). The molecular formula is C11H17N3O3S. The van der Waals surface area contributed by atoms with Crippen LogP contribution in [0.5, 0.6) is 0 Å². The van der Waals surface area contributed by atoms with E-state index in [2.05, 4.69) is 15.5 Å². The van der Waals surface area contributed by atoms with Gasteiger partial charge in [0, 0.05) is 12.2 Å². The predicted octanol–water partition coefficient (Wildman–Crippen LogP) is 0.191. The van der Waals surface area contributed by atoms with E-state index in [0.29, 0.717) is 24.2 Å². The minimum absolute atomic E-state index is 0.0338. The number of amides is 1. The molecule has 2 heterocycles. The molecule has 1 unspecified atom stereocenters. The number of carbonyl (C=O) groups excluding carboxylic acids is 1. The number of nitrogens with zero attached hydrogens (tertiary/aromatic N) is 1. The van der Waals surface area contributed by atoms with Gasteiger partial charge in [-0.15, -0.1) is 0 Å². The van der Waals surface area contributed by atoms with E-state index in [1.54, 1.807) is 13.8 Å². The number of aromatic nitrogens is 2.